The Labute approximate surface area is 100 Å². The predicted octanol–water partition coefficient (Wildman–Crippen LogP) is 1.37. The zero-order valence-corrected chi connectivity index (χ0v) is 10.7. The second-order valence-corrected chi connectivity index (χ2v) is 6.37. The Hall–Kier alpha value is -1.56. The zero-order valence-electron chi connectivity index (χ0n) is 9.89. The first-order chi connectivity index (χ1) is 7.63. The van der Waals surface area contributed by atoms with Crippen molar-refractivity contribution in [2.45, 2.75) is 24.3 Å². The Morgan fingerprint density at radius 3 is 2.06 bits per heavy atom. The van der Waals surface area contributed by atoms with E-state index in [1.165, 1.54) is 26.0 Å². The van der Waals surface area contributed by atoms with Gasteiger partial charge in [-0.25, -0.2) is 13.2 Å². The van der Waals surface area contributed by atoms with Gasteiger partial charge in [0.1, 0.15) is 5.54 Å². The predicted molar refractivity (Wildman–Crippen MR) is 64.9 cm³/mol. The highest BCUT2D eigenvalue weighted by atomic mass is 32.2. The van der Waals surface area contributed by atoms with E-state index in [-0.39, 0.29) is 4.90 Å². The second-order valence-electron chi connectivity index (χ2n) is 4.35. The molecule has 0 aliphatic rings. The number of rotatable bonds is 4. The summed E-state index contributed by atoms with van der Waals surface area (Å²) in [5, 5.41) is 11.7. The van der Waals surface area contributed by atoms with Gasteiger partial charge in [-0.3, -0.25) is 0 Å². The molecule has 0 bridgehead atoms. The minimum atomic E-state index is -3.22. The summed E-state index contributed by atoms with van der Waals surface area (Å²) in [6.07, 6.45) is 1.12. The average molecular weight is 257 g/mol. The first-order valence-electron chi connectivity index (χ1n) is 4.94. The molecule has 0 unspecified atom stereocenters. The van der Waals surface area contributed by atoms with Crippen LogP contribution in [0.3, 0.4) is 0 Å². The molecule has 0 saturated carbocycles. The zero-order chi connectivity index (χ0) is 13.3. The van der Waals surface area contributed by atoms with Gasteiger partial charge in [0.05, 0.1) is 4.90 Å². The van der Waals surface area contributed by atoms with Crippen LogP contribution in [0.25, 0.3) is 0 Å². The summed E-state index contributed by atoms with van der Waals surface area (Å²) >= 11 is 0. The average Bonchev–Trinajstić information content (AvgIpc) is 2.16. The van der Waals surface area contributed by atoms with Crippen molar-refractivity contribution in [1.82, 2.24) is 0 Å². The van der Waals surface area contributed by atoms with Crippen molar-refractivity contribution in [2.24, 2.45) is 0 Å². The first kappa shape index (κ1) is 13.5. The van der Waals surface area contributed by atoms with E-state index in [0.717, 1.165) is 6.26 Å². The third-order valence-electron chi connectivity index (χ3n) is 2.27. The molecule has 5 nitrogen and oxygen atoms in total. The third-order valence-corrected chi connectivity index (χ3v) is 3.40. The molecule has 6 heteroatoms. The minimum Gasteiger partial charge on any atom is -0.480 e. The van der Waals surface area contributed by atoms with Crippen molar-refractivity contribution in [1.29, 1.82) is 0 Å². The fourth-order valence-electron chi connectivity index (χ4n) is 1.20. The maximum Gasteiger partial charge on any atom is 0.328 e. The molecule has 0 aliphatic heterocycles. The van der Waals surface area contributed by atoms with Gasteiger partial charge in [-0.1, -0.05) is 0 Å². The van der Waals surface area contributed by atoms with E-state index in [4.69, 9.17) is 5.11 Å². The number of anilines is 1. The second kappa shape index (κ2) is 4.37. The molecule has 0 fully saturated rings. The van der Waals surface area contributed by atoms with Gasteiger partial charge in [-0.05, 0) is 38.1 Å². The molecule has 1 aromatic carbocycles. The fraction of sp³-hybridized carbons (Fsp3) is 0.364. The fourth-order valence-corrected chi connectivity index (χ4v) is 1.83. The lowest BCUT2D eigenvalue weighted by atomic mass is 10.1. The number of benzene rings is 1. The van der Waals surface area contributed by atoms with Gasteiger partial charge in [-0.15, -0.1) is 0 Å². The number of carboxylic acid groups (broad SMARTS) is 1. The van der Waals surface area contributed by atoms with E-state index in [1.54, 1.807) is 12.1 Å². The molecular formula is C11H15NO4S. The highest BCUT2D eigenvalue weighted by Gasteiger charge is 2.26. The summed E-state index contributed by atoms with van der Waals surface area (Å²) < 4.78 is 22.4. The quantitative estimate of drug-likeness (QED) is 0.851. The van der Waals surface area contributed by atoms with Crippen LogP contribution in [0.2, 0.25) is 0 Å². The van der Waals surface area contributed by atoms with Crippen molar-refractivity contribution in [2.75, 3.05) is 11.6 Å². The molecule has 94 valence electrons. The van der Waals surface area contributed by atoms with Crippen LogP contribution in [0, 0.1) is 0 Å². The van der Waals surface area contributed by atoms with Gasteiger partial charge in [0, 0.05) is 11.9 Å². The van der Waals surface area contributed by atoms with Gasteiger partial charge >= 0.3 is 5.97 Å². The molecule has 0 saturated heterocycles. The standard InChI is InChI=1S/C11H15NO4S/c1-11(2,10(13)14)12-8-4-6-9(7-5-8)17(3,15)16/h4-7,12H,1-3H3,(H,13,14). The molecule has 0 spiro atoms. The van der Waals surface area contributed by atoms with Gasteiger partial charge in [0.15, 0.2) is 9.84 Å². The molecule has 17 heavy (non-hydrogen) atoms. The normalized spacial score (nSPS) is 12.2. The number of carbonyl (C=O) groups is 1. The summed E-state index contributed by atoms with van der Waals surface area (Å²) in [4.78, 5) is 11.1. The largest absolute Gasteiger partial charge is 0.480 e. The van der Waals surface area contributed by atoms with E-state index < -0.39 is 21.3 Å². The summed E-state index contributed by atoms with van der Waals surface area (Å²) in [6, 6.07) is 5.97. The van der Waals surface area contributed by atoms with Crippen molar-refractivity contribution in [3.8, 4) is 0 Å². The van der Waals surface area contributed by atoms with Crippen LogP contribution in [0.1, 0.15) is 13.8 Å². The summed E-state index contributed by atoms with van der Waals surface area (Å²) in [5.41, 5.74) is -0.545. The summed E-state index contributed by atoms with van der Waals surface area (Å²) in [6.45, 7) is 3.06. The summed E-state index contributed by atoms with van der Waals surface area (Å²) in [7, 11) is -3.22. The summed E-state index contributed by atoms with van der Waals surface area (Å²) in [5.74, 6) is -0.982. The Bertz CT molecular complexity index is 517. The van der Waals surface area contributed by atoms with E-state index in [2.05, 4.69) is 5.32 Å². The highest BCUT2D eigenvalue weighted by molar-refractivity contribution is 7.90. The maximum atomic E-state index is 11.2. The van der Waals surface area contributed by atoms with Crippen molar-refractivity contribution in [3.63, 3.8) is 0 Å². The van der Waals surface area contributed by atoms with Gasteiger partial charge < -0.3 is 10.4 Å². The molecule has 2 N–H and O–H groups in total. The Morgan fingerprint density at radius 2 is 1.71 bits per heavy atom. The Balaban J connectivity index is 2.94. The van der Waals surface area contributed by atoms with E-state index >= 15 is 0 Å². The van der Waals surface area contributed by atoms with Crippen LogP contribution >= 0.6 is 0 Å². The molecular weight excluding hydrogens is 242 g/mol. The lowest BCUT2D eigenvalue weighted by molar-refractivity contribution is -0.141. The molecule has 0 amide bonds. The number of hydrogen-bond donors (Lipinski definition) is 2. The lowest BCUT2D eigenvalue weighted by Gasteiger charge is -2.22. The van der Waals surface area contributed by atoms with Crippen LogP contribution < -0.4 is 5.32 Å². The van der Waals surface area contributed by atoms with Gasteiger partial charge in [0.25, 0.3) is 0 Å². The van der Waals surface area contributed by atoms with Crippen LogP contribution in [0.5, 0.6) is 0 Å². The molecule has 0 atom stereocenters. The monoisotopic (exact) mass is 257 g/mol. The molecule has 0 aliphatic carbocycles. The van der Waals surface area contributed by atoms with E-state index in [0.29, 0.717) is 5.69 Å². The Morgan fingerprint density at radius 1 is 1.24 bits per heavy atom. The number of aliphatic carboxylic acids is 1. The first-order valence-corrected chi connectivity index (χ1v) is 6.84. The maximum absolute atomic E-state index is 11.2. The highest BCUT2D eigenvalue weighted by Crippen LogP contribution is 2.18. The van der Waals surface area contributed by atoms with Crippen molar-refractivity contribution in [3.05, 3.63) is 24.3 Å². The topological polar surface area (TPSA) is 83.5 Å². The van der Waals surface area contributed by atoms with Gasteiger partial charge in [0.2, 0.25) is 0 Å². The minimum absolute atomic E-state index is 0.205. The van der Waals surface area contributed by atoms with Crippen molar-refractivity contribution >= 4 is 21.5 Å². The smallest absolute Gasteiger partial charge is 0.328 e. The van der Waals surface area contributed by atoms with Crippen LogP contribution in [0.15, 0.2) is 29.2 Å². The van der Waals surface area contributed by atoms with Crippen LogP contribution in [-0.2, 0) is 14.6 Å². The number of carboxylic acids is 1. The number of nitrogens with one attached hydrogen (secondary N) is 1. The molecule has 1 rings (SSSR count). The third kappa shape index (κ3) is 3.45. The van der Waals surface area contributed by atoms with Crippen LogP contribution in [-0.4, -0.2) is 31.3 Å². The molecule has 1 aromatic rings. The lowest BCUT2D eigenvalue weighted by Crippen LogP contribution is -2.39. The van der Waals surface area contributed by atoms with Crippen LogP contribution in [0.4, 0.5) is 5.69 Å². The molecule has 0 aromatic heterocycles. The van der Waals surface area contributed by atoms with E-state index in [9.17, 15) is 13.2 Å². The van der Waals surface area contributed by atoms with E-state index in [1.807, 2.05) is 0 Å². The van der Waals surface area contributed by atoms with Crippen molar-refractivity contribution < 1.29 is 18.3 Å². The number of sulfone groups is 1. The molecule has 0 heterocycles. The molecule has 0 radical (unpaired) electrons. The van der Waals surface area contributed by atoms with Gasteiger partial charge in [-0.2, -0.15) is 0 Å². The SMILES string of the molecule is CC(C)(Nc1ccc(S(C)(=O)=O)cc1)C(=O)O. The Kier molecular flexibility index (Phi) is 3.47. The number of hydrogen-bond acceptors (Lipinski definition) is 4.